The summed E-state index contributed by atoms with van der Waals surface area (Å²) in [4.78, 5) is 73.2. The number of carbonyl (C=O) groups excluding carboxylic acids is 4. The number of phosphoric ester groups is 2. The molecule has 0 aliphatic heterocycles. The van der Waals surface area contributed by atoms with Gasteiger partial charge in [0.05, 0.1) is 26.4 Å². The van der Waals surface area contributed by atoms with Gasteiger partial charge in [0, 0.05) is 25.7 Å². The highest BCUT2D eigenvalue weighted by molar-refractivity contribution is 7.47. The van der Waals surface area contributed by atoms with Crippen LogP contribution in [0.2, 0.25) is 0 Å². The van der Waals surface area contributed by atoms with Gasteiger partial charge in [-0.15, -0.1) is 0 Å². The van der Waals surface area contributed by atoms with Crippen LogP contribution < -0.4 is 0 Å². The third-order valence-electron chi connectivity index (χ3n) is 17.3. The maximum atomic E-state index is 13.1. The molecule has 5 unspecified atom stereocenters. The van der Waals surface area contributed by atoms with Crippen molar-refractivity contribution in [3.63, 3.8) is 0 Å². The lowest BCUT2D eigenvalue weighted by atomic mass is 10.0. The van der Waals surface area contributed by atoms with E-state index in [0.717, 1.165) is 193 Å². The molecule has 3 N–H and O–H groups in total. The Morgan fingerprint density at radius 2 is 0.481 bits per heavy atom. The van der Waals surface area contributed by atoms with E-state index in [2.05, 4.69) is 174 Å². The van der Waals surface area contributed by atoms with E-state index in [0.29, 0.717) is 25.7 Å². The summed E-state index contributed by atoms with van der Waals surface area (Å²) in [6.07, 6.45) is 92.4. The number of phosphoric acid groups is 2. The fourth-order valence-electron chi connectivity index (χ4n) is 11.0. The Bertz CT molecular complexity index is 2610. The monoisotopic (exact) mass is 1550 g/mol. The molecule has 0 fully saturated rings. The first-order valence-electron chi connectivity index (χ1n) is 42.1. The third-order valence-corrected chi connectivity index (χ3v) is 19.2. The van der Waals surface area contributed by atoms with Crippen LogP contribution in [0.1, 0.15) is 336 Å². The number of hydrogen-bond donors (Lipinski definition) is 3. The van der Waals surface area contributed by atoms with E-state index < -0.39 is 97.5 Å². The van der Waals surface area contributed by atoms with Gasteiger partial charge in [0.1, 0.15) is 19.3 Å². The van der Waals surface area contributed by atoms with E-state index in [1.807, 2.05) is 0 Å². The van der Waals surface area contributed by atoms with Crippen molar-refractivity contribution in [2.45, 2.75) is 354 Å². The van der Waals surface area contributed by atoms with Crippen molar-refractivity contribution >= 4 is 39.5 Å². The minimum Gasteiger partial charge on any atom is -0.462 e. The Morgan fingerprint density at radius 1 is 0.269 bits per heavy atom. The molecule has 0 amide bonds. The zero-order chi connectivity index (χ0) is 78.9. The summed E-state index contributed by atoms with van der Waals surface area (Å²) in [5.41, 5.74) is 0. The van der Waals surface area contributed by atoms with Gasteiger partial charge in [-0.25, -0.2) is 9.13 Å². The molecule has 0 aliphatic carbocycles. The number of hydrogen-bond acceptors (Lipinski definition) is 15. The molecule has 0 spiro atoms. The Morgan fingerprint density at radius 3 is 0.750 bits per heavy atom. The molecule has 0 aromatic heterocycles. The zero-order valence-corrected chi connectivity index (χ0v) is 69.5. The lowest BCUT2D eigenvalue weighted by molar-refractivity contribution is -0.161. The first-order chi connectivity index (χ1) is 52.7. The van der Waals surface area contributed by atoms with E-state index in [-0.39, 0.29) is 25.7 Å². The molecular weight excluding hydrogens is 1400 g/mol. The fraction of sp³-hybridized carbons (Fsp3) is 0.685. The van der Waals surface area contributed by atoms with Gasteiger partial charge < -0.3 is 33.8 Å². The van der Waals surface area contributed by atoms with Crippen LogP contribution in [0.15, 0.2) is 146 Å². The molecule has 5 atom stereocenters. The van der Waals surface area contributed by atoms with Crippen LogP contribution in [0.3, 0.4) is 0 Å². The topological polar surface area (TPSA) is 237 Å². The van der Waals surface area contributed by atoms with Gasteiger partial charge in [0.2, 0.25) is 0 Å². The molecule has 0 saturated heterocycles. The Balaban J connectivity index is 5.41. The second-order valence-electron chi connectivity index (χ2n) is 27.6. The molecule has 0 heterocycles. The standard InChI is InChI=1S/C89H150O17P2/c1-5-9-13-17-21-25-29-33-37-39-41-43-47-49-53-57-61-65-69-73-86(91)99-79-84(105-88(93)75-71-67-63-59-55-51-45-35-31-27-23-19-15-11-7-3)81-103-107(95,96)101-77-83(90)78-102-108(97,98)104-82-85(106-89(94)76-72-68-64-60-56-52-46-36-32-28-24-20-16-12-8-4)80-100-87(92)74-70-66-62-58-54-50-48-44-42-40-38-34-30-26-22-18-14-10-6-2/h9-11,13-15,21-23,25-27,33-35,37-38,41-45,49,53,83-85,90H,5-8,12,16-20,24,28-32,36,39-40,46-48,50-52,54-82H2,1-4H3,(H,95,96)(H,97,98)/b13-9-,14-10-,15-11-,25-21-,26-22-,27-23-,37-33-,38-34-,43-41-,44-42-,45-35-,53-49-. The summed E-state index contributed by atoms with van der Waals surface area (Å²) in [6, 6.07) is 0. The van der Waals surface area contributed by atoms with E-state index in [1.165, 1.54) is 64.2 Å². The van der Waals surface area contributed by atoms with Gasteiger partial charge in [-0.2, -0.15) is 0 Å². The van der Waals surface area contributed by atoms with Crippen molar-refractivity contribution in [2.24, 2.45) is 0 Å². The maximum Gasteiger partial charge on any atom is 0.472 e. The van der Waals surface area contributed by atoms with Crippen molar-refractivity contribution in [1.82, 2.24) is 0 Å². The summed E-state index contributed by atoms with van der Waals surface area (Å²) in [6.45, 7) is 4.50. The molecule has 17 nitrogen and oxygen atoms in total. The number of rotatable bonds is 78. The quantitative estimate of drug-likeness (QED) is 0.0169. The highest BCUT2D eigenvalue weighted by Gasteiger charge is 2.30. The molecule has 0 aromatic carbocycles. The first-order valence-corrected chi connectivity index (χ1v) is 45.1. The Hall–Kier alpha value is -5.06. The highest BCUT2D eigenvalue weighted by Crippen LogP contribution is 2.45. The smallest absolute Gasteiger partial charge is 0.462 e. The highest BCUT2D eigenvalue weighted by atomic mass is 31.2. The fourth-order valence-corrected chi connectivity index (χ4v) is 12.6. The largest absolute Gasteiger partial charge is 0.472 e. The van der Waals surface area contributed by atoms with Gasteiger partial charge in [0.15, 0.2) is 12.2 Å². The molecule has 0 rings (SSSR count). The predicted molar refractivity (Wildman–Crippen MR) is 445 cm³/mol. The van der Waals surface area contributed by atoms with Crippen molar-refractivity contribution in [3.8, 4) is 0 Å². The van der Waals surface area contributed by atoms with Crippen molar-refractivity contribution in [2.75, 3.05) is 39.6 Å². The molecule has 618 valence electrons. The average molecular weight is 1550 g/mol. The minimum absolute atomic E-state index is 0.0641. The second-order valence-corrected chi connectivity index (χ2v) is 30.5. The van der Waals surface area contributed by atoms with E-state index in [9.17, 15) is 43.2 Å². The Kier molecular flexibility index (Phi) is 76.3. The van der Waals surface area contributed by atoms with Crippen molar-refractivity contribution in [3.05, 3.63) is 146 Å². The summed E-state index contributed by atoms with van der Waals surface area (Å²) < 4.78 is 68.7. The van der Waals surface area contributed by atoms with Crippen molar-refractivity contribution < 1.29 is 80.2 Å². The number of allylic oxidation sites excluding steroid dienone is 24. The van der Waals surface area contributed by atoms with Gasteiger partial charge in [-0.1, -0.05) is 315 Å². The third kappa shape index (κ3) is 79.0. The number of unbranched alkanes of at least 4 members (excludes halogenated alkanes) is 28. The normalized spacial score (nSPS) is 14.5. The van der Waals surface area contributed by atoms with Crippen molar-refractivity contribution in [1.29, 1.82) is 0 Å². The number of esters is 4. The van der Waals surface area contributed by atoms with Gasteiger partial charge in [-0.3, -0.25) is 37.3 Å². The summed E-state index contributed by atoms with van der Waals surface area (Å²) in [5, 5.41) is 10.7. The molecule has 19 heteroatoms. The molecule has 0 aromatic rings. The van der Waals surface area contributed by atoms with Crippen LogP contribution in [0.4, 0.5) is 0 Å². The number of carbonyl (C=O) groups is 4. The number of aliphatic hydroxyl groups is 1. The van der Waals surface area contributed by atoms with Crippen LogP contribution in [0, 0.1) is 0 Å². The van der Waals surface area contributed by atoms with Gasteiger partial charge in [-0.05, 0) is 141 Å². The molecule has 108 heavy (non-hydrogen) atoms. The molecule has 0 bridgehead atoms. The zero-order valence-electron chi connectivity index (χ0n) is 67.7. The lowest BCUT2D eigenvalue weighted by Crippen LogP contribution is -2.30. The van der Waals surface area contributed by atoms with Crippen LogP contribution >= 0.6 is 15.6 Å². The predicted octanol–water partition coefficient (Wildman–Crippen LogP) is 25.0. The molecule has 0 radical (unpaired) electrons. The number of ether oxygens (including phenoxy) is 4. The summed E-state index contributed by atoms with van der Waals surface area (Å²) in [5.74, 6) is -2.24. The summed E-state index contributed by atoms with van der Waals surface area (Å²) in [7, 11) is -9.99. The first kappa shape index (κ1) is 103. The minimum atomic E-state index is -5.00. The molecular formula is C89H150O17P2. The second kappa shape index (κ2) is 80.0. The van der Waals surface area contributed by atoms with Gasteiger partial charge >= 0.3 is 39.5 Å². The van der Waals surface area contributed by atoms with Crippen LogP contribution in [-0.4, -0.2) is 96.7 Å². The van der Waals surface area contributed by atoms with Gasteiger partial charge in [0.25, 0.3) is 0 Å². The lowest BCUT2D eigenvalue weighted by Gasteiger charge is -2.21. The van der Waals surface area contributed by atoms with E-state index in [1.54, 1.807) is 0 Å². The van der Waals surface area contributed by atoms with Crippen LogP contribution in [0.25, 0.3) is 0 Å². The number of aliphatic hydroxyl groups excluding tert-OH is 1. The van der Waals surface area contributed by atoms with Crippen LogP contribution in [-0.2, 0) is 65.4 Å². The maximum absolute atomic E-state index is 13.1. The molecule has 0 aliphatic rings. The average Bonchev–Trinajstić information content (AvgIpc) is 0.923. The molecule has 0 saturated carbocycles. The van der Waals surface area contributed by atoms with E-state index >= 15 is 0 Å². The summed E-state index contributed by atoms with van der Waals surface area (Å²) >= 11 is 0. The van der Waals surface area contributed by atoms with Crippen LogP contribution in [0.5, 0.6) is 0 Å². The van der Waals surface area contributed by atoms with E-state index in [4.69, 9.17) is 37.0 Å². The Labute approximate surface area is 656 Å². The SMILES string of the molecule is CC/C=C\C/C=C\C/C=C\C/C=C\C/C=C\CCCCCC(=O)OCC(COP(=O)(O)OCC(O)COP(=O)(O)OCC(COC(=O)CCCCCCCC/C=C\C/C=C\C/C=C\C/C=C\CC)OC(=O)CCCCCCCCCCCCCCCCC)OC(=O)CCCCCCC/C=C\C/C=C\C/C=C\CC.